The smallest absolute Gasteiger partial charge is 0.361 e. The number of alkyl halides is 3. The molecule has 0 aromatic carbocycles. The van der Waals surface area contributed by atoms with E-state index in [1.165, 1.54) is 4.90 Å². The number of hydrogen-bond acceptors (Lipinski definition) is 6. The highest BCUT2D eigenvalue weighted by molar-refractivity contribution is 6.76. The molecule has 0 radical (unpaired) electrons. The summed E-state index contributed by atoms with van der Waals surface area (Å²) < 4.78 is 63.8. The molecule has 0 spiro atoms. The van der Waals surface area contributed by atoms with E-state index in [1.807, 2.05) is 16.8 Å². The van der Waals surface area contributed by atoms with Crippen molar-refractivity contribution in [3.8, 4) is 11.3 Å². The van der Waals surface area contributed by atoms with Crippen molar-refractivity contribution in [1.82, 2.24) is 33.9 Å². The molecule has 14 heteroatoms. The fraction of sp³-hybridized carbons (Fsp3) is 0.484. The molecule has 45 heavy (non-hydrogen) atoms. The SMILES string of the molecule is C[Si](C)(C)CCOCn1ccc2c(-c3ccn(C4CN(C5CCN(C(=O)c6ccnc(C(F)(F)F)c6F)CC5)C4)c3)ncnc21. The Balaban J connectivity index is 1.03. The maximum Gasteiger partial charge on any atom is 0.436 e. The van der Waals surface area contributed by atoms with Crippen molar-refractivity contribution in [2.45, 2.75) is 63.5 Å². The number of piperidine rings is 1. The number of likely N-dealkylation sites (tertiary alicyclic amines) is 2. The zero-order valence-electron chi connectivity index (χ0n) is 25.6. The third kappa shape index (κ3) is 6.68. The average molecular weight is 644 g/mol. The summed E-state index contributed by atoms with van der Waals surface area (Å²) in [4.78, 5) is 28.8. The Morgan fingerprint density at radius 3 is 2.49 bits per heavy atom. The number of hydrogen-bond donors (Lipinski definition) is 0. The molecule has 2 fully saturated rings. The van der Waals surface area contributed by atoms with Crippen LogP contribution in [0.2, 0.25) is 25.7 Å². The minimum absolute atomic E-state index is 0.252. The van der Waals surface area contributed by atoms with E-state index in [0.717, 1.165) is 60.3 Å². The topological polar surface area (TPSA) is 81.3 Å². The Morgan fingerprint density at radius 1 is 1.02 bits per heavy atom. The van der Waals surface area contributed by atoms with Gasteiger partial charge in [-0.3, -0.25) is 9.69 Å². The highest BCUT2D eigenvalue weighted by Crippen LogP contribution is 2.34. The number of aromatic nitrogens is 5. The van der Waals surface area contributed by atoms with Crippen LogP contribution < -0.4 is 0 Å². The molecule has 4 aromatic heterocycles. The van der Waals surface area contributed by atoms with Crippen LogP contribution in [0.1, 0.15) is 34.9 Å². The molecule has 0 aliphatic carbocycles. The Labute approximate surface area is 259 Å². The Morgan fingerprint density at radius 2 is 1.78 bits per heavy atom. The van der Waals surface area contributed by atoms with Gasteiger partial charge in [-0.05, 0) is 37.1 Å². The van der Waals surface area contributed by atoms with Crippen molar-refractivity contribution >= 4 is 25.0 Å². The van der Waals surface area contributed by atoms with E-state index >= 15 is 0 Å². The number of ether oxygens (including phenoxy) is 1. The van der Waals surface area contributed by atoms with Gasteiger partial charge in [-0.1, -0.05) is 19.6 Å². The van der Waals surface area contributed by atoms with Gasteiger partial charge in [0.15, 0.2) is 11.5 Å². The third-order valence-corrected chi connectivity index (χ3v) is 10.4. The van der Waals surface area contributed by atoms with Crippen molar-refractivity contribution in [3.63, 3.8) is 0 Å². The van der Waals surface area contributed by atoms with Gasteiger partial charge in [-0.25, -0.2) is 19.3 Å². The summed E-state index contributed by atoms with van der Waals surface area (Å²) in [6, 6.07) is 6.77. The Hall–Kier alpha value is -3.62. The number of fused-ring (bicyclic) bond motifs is 1. The second-order valence-electron chi connectivity index (χ2n) is 13.1. The van der Waals surface area contributed by atoms with Crippen molar-refractivity contribution < 1.29 is 27.1 Å². The molecular weight excluding hydrogens is 606 g/mol. The fourth-order valence-corrected chi connectivity index (χ4v) is 6.80. The van der Waals surface area contributed by atoms with Crippen molar-refractivity contribution in [2.75, 3.05) is 32.8 Å². The first-order valence-electron chi connectivity index (χ1n) is 15.2. The zero-order chi connectivity index (χ0) is 31.9. The van der Waals surface area contributed by atoms with Crippen molar-refractivity contribution in [2.24, 2.45) is 0 Å². The molecule has 0 atom stereocenters. The molecule has 0 unspecified atom stereocenters. The van der Waals surface area contributed by atoms with Gasteiger partial charge in [0.2, 0.25) is 0 Å². The maximum absolute atomic E-state index is 14.5. The predicted molar refractivity (Wildman–Crippen MR) is 164 cm³/mol. The van der Waals surface area contributed by atoms with Crippen LogP contribution in [0.15, 0.2) is 49.3 Å². The molecule has 1 amide bonds. The maximum atomic E-state index is 14.5. The molecule has 0 bridgehead atoms. The molecule has 2 saturated heterocycles. The van der Waals surface area contributed by atoms with E-state index in [-0.39, 0.29) is 6.04 Å². The summed E-state index contributed by atoms with van der Waals surface area (Å²) in [6.07, 6.45) is 4.98. The predicted octanol–water partition coefficient (Wildman–Crippen LogP) is 5.93. The Bertz CT molecular complexity index is 1670. The highest BCUT2D eigenvalue weighted by Gasteiger charge is 2.39. The van der Waals surface area contributed by atoms with Crippen LogP contribution in [0, 0.1) is 5.82 Å². The minimum Gasteiger partial charge on any atom is -0.361 e. The van der Waals surface area contributed by atoms with E-state index in [2.05, 4.69) is 62.5 Å². The van der Waals surface area contributed by atoms with Crippen LogP contribution >= 0.6 is 0 Å². The highest BCUT2D eigenvalue weighted by atomic mass is 28.3. The second kappa shape index (κ2) is 12.3. The number of pyridine rings is 1. The van der Waals surface area contributed by atoms with E-state index in [1.54, 1.807) is 6.33 Å². The van der Waals surface area contributed by atoms with Crippen molar-refractivity contribution in [3.05, 3.63) is 66.4 Å². The van der Waals surface area contributed by atoms with Crippen LogP contribution in [0.5, 0.6) is 0 Å². The van der Waals surface area contributed by atoms with Gasteiger partial charge >= 0.3 is 6.18 Å². The van der Waals surface area contributed by atoms with Crippen LogP contribution in [0.4, 0.5) is 17.6 Å². The number of amides is 1. The standard InChI is InChI=1S/C31H37F4N7O2Si/c1-45(2,3)15-14-44-20-41-13-8-25-27(37-19-38-29(25)41)21-5-10-40(16-21)23-17-42(18-23)22-6-11-39(12-7-22)30(43)24-4-9-36-28(26(24)32)31(33,34)35/h4-5,8-10,13,16,19,22-23H,6-7,11-12,14-15,17-18,20H2,1-3H3. The van der Waals surface area contributed by atoms with Gasteiger partial charge in [0.1, 0.15) is 18.7 Å². The summed E-state index contributed by atoms with van der Waals surface area (Å²) in [5.41, 5.74) is 0.477. The largest absolute Gasteiger partial charge is 0.436 e. The summed E-state index contributed by atoms with van der Waals surface area (Å²) in [5, 5.41) is 0.974. The number of carbonyl (C=O) groups excluding carboxylic acids is 1. The number of carbonyl (C=O) groups is 1. The van der Waals surface area contributed by atoms with E-state index in [0.29, 0.717) is 38.7 Å². The molecule has 0 N–H and O–H groups in total. The first-order valence-corrected chi connectivity index (χ1v) is 18.9. The Kier molecular flexibility index (Phi) is 8.56. The van der Waals surface area contributed by atoms with E-state index in [9.17, 15) is 22.4 Å². The van der Waals surface area contributed by atoms with Crippen LogP contribution in [-0.2, 0) is 17.6 Å². The van der Waals surface area contributed by atoms with Crippen LogP contribution in [-0.4, -0.2) is 86.7 Å². The number of rotatable bonds is 9. The molecule has 2 aliphatic heterocycles. The third-order valence-electron chi connectivity index (χ3n) is 8.74. The van der Waals surface area contributed by atoms with Gasteiger partial charge in [-0.2, -0.15) is 13.2 Å². The van der Waals surface area contributed by atoms with Gasteiger partial charge in [0.25, 0.3) is 5.91 Å². The number of halogens is 4. The summed E-state index contributed by atoms with van der Waals surface area (Å²) in [6.45, 7) is 10.6. The minimum atomic E-state index is -4.96. The number of nitrogens with zero attached hydrogens (tertiary/aromatic N) is 7. The molecule has 6 rings (SSSR count). The lowest BCUT2D eigenvalue weighted by molar-refractivity contribution is -0.143. The van der Waals surface area contributed by atoms with Crippen LogP contribution in [0.3, 0.4) is 0 Å². The monoisotopic (exact) mass is 643 g/mol. The van der Waals surface area contributed by atoms with Gasteiger partial charge in [0.05, 0.1) is 17.3 Å². The second-order valence-corrected chi connectivity index (χ2v) is 18.7. The molecule has 240 valence electrons. The first kappa shape index (κ1) is 31.4. The lowest BCUT2D eigenvalue weighted by atomic mass is 9.97. The first-order chi connectivity index (χ1) is 21.4. The van der Waals surface area contributed by atoms with Crippen LogP contribution in [0.25, 0.3) is 22.3 Å². The van der Waals surface area contributed by atoms with E-state index in [4.69, 9.17) is 4.74 Å². The molecule has 4 aromatic rings. The summed E-state index contributed by atoms with van der Waals surface area (Å²) in [5.74, 6) is -2.35. The van der Waals surface area contributed by atoms with E-state index < -0.39 is 37.2 Å². The van der Waals surface area contributed by atoms with Gasteiger partial charge < -0.3 is 18.8 Å². The van der Waals surface area contributed by atoms with Gasteiger partial charge in [-0.15, -0.1) is 0 Å². The summed E-state index contributed by atoms with van der Waals surface area (Å²) >= 11 is 0. The molecule has 0 saturated carbocycles. The fourth-order valence-electron chi connectivity index (χ4n) is 6.05. The average Bonchev–Trinajstić information content (AvgIpc) is 3.61. The molecule has 9 nitrogen and oxygen atoms in total. The molecular formula is C31H37F4N7O2Si. The van der Waals surface area contributed by atoms with Gasteiger partial charge in [0, 0.05) is 82.6 Å². The lowest BCUT2D eigenvalue weighted by Crippen LogP contribution is -2.56. The summed E-state index contributed by atoms with van der Waals surface area (Å²) in [7, 11) is -1.15. The molecule has 6 heterocycles. The zero-order valence-corrected chi connectivity index (χ0v) is 26.6. The van der Waals surface area contributed by atoms with Crippen molar-refractivity contribution in [1.29, 1.82) is 0 Å². The normalized spacial score (nSPS) is 17.3. The molecule has 2 aliphatic rings. The lowest BCUT2D eigenvalue weighted by Gasteiger charge is -2.47. The quantitative estimate of drug-likeness (QED) is 0.128.